The number of alkyl halides is 2. The van der Waals surface area contributed by atoms with Crippen LogP contribution in [0.2, 0.25) is 0 Å². The van der Waals surface area contributed by atoms with Crippen LogP contribution in [0.4, 0.5) is 13.2 Å². The second-order valence-corrected chi connectivity index (χ2v) is 2.96. The van der Waals surface area contributed by atoms with Crippen molar-refractivity contribution in [1.82, 2.24) is 4.98 Å². The number of halogens is 4. The molecule has 0 unspecified atom stereocenters. The van der Waals surface area contributed by atoms with Gasteiger partial charge in [-0.25, -0.2) is 13.8 Å². The molecule has 0 bridgehead atoms. The van der Waals surface area contributed by atoms with Gasteiger partial charge in [-0.15, -0.1) is 0 Å². The Bertz CT molecular complexity index is 349. The molecule has 0 spiro atoms. The van der Waals surface area contributed by atoms with Gasteiger partial charge in [0.2, 0.25) is 5.95 Å². The van der Waals surface area contributed by atoms with Gasteiger partial charge in [0.05, 0.1) is 0 Å². The first-order chi connectivity index (χ1) is 6.06. The Morgan fingerprint density at radius 1 is 1.54 bits per heavy atom. The normalized spacial score (nSPS) is 10.2. The minimum Gasteiger partial charge on any atom is -0.218 e. The van der Waals surface area contributed by atoms with Gasteiger partial charge in [0.1, 0.15) is 17.3 Å². The van der Waals surface area contributed by atoms with Gasteiger partial charge in [-0.05, 0) is 22.0 Å². The number of hydrogen-bond acceptors (Lipinski definition) is 2. The molecule has 2 nitrogen and oxygen atoms in total. The highest BCUT2D eigenvalue weighted by atomic mass is 79.9. The monoisotopic (exact) mass is 250 g/mol. The van der Waals surface area contributed by atoms with Gasteiger partial charge < -0.3 is 0 Å². The van der Waals surface area contributed by atoms with E-state index in [0.717, 1.165) is 6.07 Å². The van der Waals surface area contributed by atoms with Crippen LogP contribution in [0.15, 0.2) is 10.5 Å². The van der Waals surface area contributed by atoms with Crippen molar-refractivity contribution in [3.8, 4) is 6.07 Å². The topological polar surface area (TPSA) is 36.7 Å². The first-order valence-corrected chi connectivity index (χ1v) is 3.89. The maximum atomic E-state index is 12.8. The number of hydrogen-bond donors (Lipinski definition) is 0. The molecule has 0 atom stereocenters. The molecule has 0 aliphatic heterocycles. The molecule has 68 valence electrons. The summed E-state index contributed by atoms with van der Waals surface area (Å²) in [7, 11) is 0. The molecular weight excluding hydrogens is 249 g/mol. The van der Waals surface area contributed by atoms with E-state index in [9.17, 15) is 13.2 Å². The van der Waals surface area contributed by atoms with Gasteiger partial charge >= 0.3 is 0 Å². The van der Waals surface area contributed by atoms with Crippen LogP contribution in [0, 0.1) is 17.3 Å². The van der Waals surface area contributed by atoms with Crippen LogP contribution in [-0.2, 0) is 0 Å². The number of rotatable bonds is 1. The SMILES string of the molecule is N#Cc1c(Br)cc(C(F)F)nc1F. The Morgan fingerprint density at radius 3 is 2.54 bits per heavy atom. The number of pyridine rings is 1. The third-order valence-electron chi connectivity index (χ3n) is 1.28. The summed E-state index contributed by atoms with van der Waals surface area (Å²) in [6.45, 7) is 0. The van der Waals surface area contributed by atoms with E-state index in [1.807, 2.05) is 0 Å². The first-order valence-electron chi connectivity index (χ1n) is 3.10. The van der Waals surface area contributed by atoms with Crippen LogP contribution in [0.25, 0.3) is 0 Å². The summed E-state index contributed by atoms with van der Waals surface area (Å²) < 4.78 is 36.8. The van der Waals surface area contributed by atoms with Crippen LogP contribution in [0.5, 0.6) is 0 Å². The van der Waals surface area contributed by atoms with E-state index in [4.69, 9.17) is 5.26 Å². The van der Waals surface area contributed by atoms with Crippen molar-refractivity contribution in [3.63, 3.8) is 0 Å². The summed E-state index contributed by atoms with van der Waals surface area (Å²) in [6.07, 6.45) is -2.85. The van der Waals surface area contributed by atoms with Crippen molar-refractivity contribution in [3.05, 3.63) is 27.7 Å². The van der Waals surface area contributed by atoms with E-state index >= 15 is 0 Å². The molecule has 1 heterocycles. The molecule has 0 radical (unpaired) electrons. The predicted molar refractivity (Wildman–Crippen MR) is 41.6 cm³/mol. The highest BCUT2D eigenvalue weighted by Gasteiger charge is 2.15. The Balaban J connectivity index is 3.30. The molecule has 1 aromatic rings. The molecule has 0 aromatic carbocycles. The smallest absolute Gasteiger partial charge is 0.218 e. The summed E-state index contributed by atoms with van der Waals surface area (Å²) in [4.78, 5) is 2.94. The first kappa shape index (κ1) is 9.99. The predicted octanol–water partition coefficient (Wildman–Crippen LogP) is 2.79. The minimum absolute atomic E-state index is 0.0159. The molecule has 13 heavy (non-hydrogen) atoms. The van der Waals surface area contributed by atoms with Crippen LogP contribution >= 0.6 is 15.9 Å². The van der Waals surface area contributed by atoms with E-state index in [0.29, 0.717) is 0 Å². The molecule has 0 amide bonds. The Hall–Kier alpha value is -1.09. The maximum Gasteiger partial charge on any atom is 0.280 e. The van der Waals surface area contributed by atoms with Gasteiger partial charge in [-0.1, -0.05) is 0 Å². The fraction of sp³-hybridized carbons (Fsp3) is 0.143. The standard InChI is InChI=1S/C7H2BrF3N2/c8-4-1-5(6(9)10)13-7(11)3(4)2-12/h1,6H. The fourth-order valence-electron chi connectivity index (χ4n) is 0.713. The molecule has 0 saturated carbocycles. The molecule has 0 fully saturated rings. The molecule has 6 heteroatoms. The zero-order valence-corrected chi connectivity index (χ0v) is 7.65. The molecule has 0 aliphatic rings. The molecule has 0 N–H and O–H groups in total. The van der Waals surface area contributed by atoms with E-state index < -0.39 is 18.1 Å². The average molecular weight is 251 g/mol. The highest BCUT2D eigenvalue weighted by Crippen LogP contribution is 2.24. The third kappa shape index (κ3) is 1.98. The van der Waals surface area contributed by atoms with Gasteiger partial charge in [-0.2, -0.15) is 9.65 Å². The van der Waals surface area contributed by atoms with Crippen molar-refractivity contribution in [1.29, 1.82) is 5.26 Å². The molecule has 0 aliphatic carbocycles. The summed E-state index contributed by atoms with van der Waals surface area (Å²) in [5, 5.41) is 8.38. The zero-order valence-electron chi connectivity index (χ0n) is 6.06. The third-order valence-corrected chi connectivity index (χ3v) is 1.91. The zero-order chi connectivity index (χ0) is 10.0. The second-order valence-electron chi connectivity index (χ2n) is 2.11. The van der Waals surface area contributed by atoms with Gasteiger partial charge in [-0.3, -0.25) is 0 Å². The van der Waals surface area contributed by atoms with Crippen LogP contribution < -0.4 is 0 Å². The molecular formula is C7H2BrF3N2. The summed E-state index contributed by atoms with van der Waals surface area (Å²) in [6, 6.07) is 2.42. The van der Waals surface area contributed by atoms with Gasteiger partial charge in [0.15, 0.2) is 0 Å². The number of nitrogens with zero attached hydrogens (tertiary/aromatic N) is 2. The Morgan fingerprint density at radius 2 is 2.15 bits per heavy atom. The van der Waals surface area contributed by atoms with Crippen molar-refractivity contribution >= 4 is 15.9 Å². The summed E-state index contributed by atoms with van der Waals surface area (Å²) in [5.74, 6) is -1.19. The second kappa shape index (κ2) is 3.75. The van der Waals surface area contributed by atoms with Crippen LogP contribution in [0.3, 0.4) is 0 Å². The van der Waals surface area contributed by atoms with E-state index in [1.165, 1.54) is 6.07 Å². The lowest BCUT2D eigenvalue weighted by molar-refractivity contribution is 0.144. The van der Waals surface area contributed by atoms with Crippen molar-refractivity contribution in [2.45, 2.75) is 6.43 Å². The van der Waals surface area contributed by atoms with Crippen molar-refractivity contribution in [2.75, 3.05) is 0 Å². The molecule has 0 saturated heterocycles. The van der Waals surface area contributed by atoms with Crippen LogP contribution in [-0.4, -0.2) is 4.98 Å². The van der Waals surface area contributed by atoms with Gasteiger partial charge in [0, 0.05) is 4.47 Å². The molecule has 1 rings (SSSR count). The quantitative estimate of drug-likeness (QED) is 0.719. The van der Waals surface area contributed by atoms with E-state index in [2.05, 4.69) is 20.9 Å². The lowest BCUT2D eigenvalue weighted by Crippen LogP contribution is -1.97. The molecule has 1 aromatic heterocycles. The fourth-order valence-corrected chi connectivity index (χ4v) is 1.20. The number of aromatic nitrogens is 1. The summed E-state index contributed by atoms with van der Waals surface area (Å²) in [5.41, 5.74) is -1.06. The average Bonchev–Trinajstić information content (AvgIpc) is 2.03. The maximum absolute atomic E-state index is 12.8. The highest BCUT2D eigenvalue weighted by molar-refractivity contribution is 9.10. The largest absolute Gasteiger partial charge is 0.280 e. The lowest BCUT2D eigenvalue weighted by atomic mass is 10.2. The van der Waals surface area contributed by atoms with Crippen molar-refractivity contribution in [2.24, 2.45) is 0 Å². The minimum atomic E-state index is -2.85. The Labute approximate surface area is 80.1 Å². The van der Waals surface area contributed by atoms with E-state index in [-0.39, 0.29) is 10.0 Å². The van der Waals surface area contributed by atoms with E-state index in [1.54, 1.807) is 0 Å². The Kier molecular flexibility index (Phi) is 2.88. The number of nitriles is 1. The van der Waals surface area contributed by atoms with Gasteiger partial charge in [0.25, 0.3) is 6.43 Å². The lowest BCUT2D eigenvalue weighted by Gasteiger charge is -2.01. The van der Waals surface area contributed by atoms with Crippen LogP contribution in [0.1, 0.15) is 17.7 Å². The summed E-state index contributed by atoms with van der Waals surface area (Å²) >= 11 is 2.79. The van der Waals surface area contributed by atoms with Crippen molar-refractivity contribution < 1.29 is 13.2 Å².